The van der Waals surface area contributed by atoms with Crippen LogP contribution >= 0.6 is 11.6 Å². The van der Waals surface area contributed by atoms with Crippen LogP contribution in [0.15, 0.2) is 72.8 Å². The first kappa shape index (κ1) is 27.1. The summed E-state index contributed by atoms with van der Waals surface area (Å²) in [6, 6.07) is 20.8. The van der Waals surface area contributed by atoms with Crippen LogP contribution in [0, 0.1) is 17.0 Å². The largest absolute Gasteiger partial charge is 0.339 e. The van der Waals surface area contributed by atoms with Crippen LogP contribution in [0.1, 0.15) is 28.8 Å². The van der Waals surface area contributed by atoms with Gasteiger partial charge < -0.3 is 20.0 Å². The van der Waals surface area contributed by atoms with E-state index in [-0.39, 0.29) is 60.3 Å². The van der Waals surface area contributed by atoms with Crippen molar-refractivity contribution in [2.75, 3.05) is 36.5 Å². The number of aryl methyl sites for hydroxylation is 1. The number of benzene rings is 3. The molecule has 2 heterocycles. The molecule has 0 aliphatic carbocycles. The number of nitrogens with zero attached hydrogens (tertiary/aromatic N) is 4. The molecule has 1 N–H and O–H groups in total. The Morgan fingerprint density at radius 3 is 2.33 bits per heavy atom. The predicted octanol–water partition coefficient (Wildman–Crippen LogP) is 4.48. The smallest absolute Gasteiger partial charge is 0.270 e. The highest BCUT2D eigenvalue weighted by atomic mass is 35.5. The van der Waals surface area contributed by atoms with E-state index in [0.29, 0.717) is 18.5 Å². The normalized spacial score (nSPS) is 16.4. The Hall–Kier alpha value is -4.44. The van der Waals surface area contributed by atoms with Gasteiger partial charge in [0.1, 0.15) is 12.1 Å². The molecule has 0 saturated carbocycles. The number of likely N-dealkylation sites (tertiary alicyclic amines) is 1. The lowest BCUT2D eigenvalue weighted by Crippen LogP contribution is -2.57. The standard InChI is InChI=1S/C29H28ClN5O5/c1-20-7-9-21(10-8-20)31-26(36)18-33-19-34(22-5-3-2-4-6-22)29(28(33)38)13-15-32(16-14-29)27(37)24-12-11-23(35(39)40)17-25(24)30/h2-12,17H,13-16,18-19H2,1H3,(H,31,36). The quantitative estimate of drug-likeness (QED) is 0.350. The van der Waals surface area contributed by atoms with Crippen LogP contribution < -0.4 is 10.2 Å². The van der Waals surface area contributed by atoms with Gasteiger partial charge in [0.2, 0.25) is 5.91 Å². The highest BCUT2D eigenvalue weighted by Gasteiger charge is 2.54. The van der Waals surface area contributed by atoms with E-state index in [9.17, 15) is 24.5 Å². The summed E-state index contributed by atoms with van der Waals surface area (Å²) in [4.78, 5) is 55.7. The van der Waals surface area contributed by atoms with Crippen LogP contribution in [-0.4, -0.2) is 64.3 Å². The second kappa shape index (κ2) is 11.0. The number of non-ortho nitro benzene ring substituents is 1. The van der Waals surface area contributed by atoms with Crippen LogP contribution in [0.25, 0.3) is 0 Å². The molecule has 3 amide bonds. The molecule has 11 heteroatoms. The second-order valence-electron chi connectivity index (χ2n) is 10.1. The Labute approximate surface area is 236 Å². The number of amides is 3. The van der Waals surface area contributed by atoms with Crippen molar-refractivity contribution < 1.29 is 19.3 Å². The number of nitrogens with one attached hydrogen (secondary N) is 1. The highest BCUT2D eigenvalue weighted by Crippen LogP contribution is 2.40. The Balaban J connectivity index is 1.33. The van der Waals surface area contributed by atoms with Gasteiger partial charge in [0.05, 0.1) is 22.2 Å². The summed E-state index contributed by atoms with van der Waals surface area (Å²) in [5, 5.41) is 13.9. The maximum Gasteiger partial charge on any atom is 0.270 e. The van der Waals surface area contributed by atoms with Gasteiger partial charge in [0.15, 0.2) is 0 Å². The Bertz CT molecular complexity index is 1460. The van der Waals surface area contributed by atoms with Gasteiger partial charge in [0.25, 0.3) is 17.5 Å². The molecule has 2 fully saturated rings. The van der Waals surface area contributed by atoms with Crippen LogP contribution in [-0.2, 0) is 9.59 Å². The number of anilines is 2. The van der Waals surface area contributed by atoms with Crippen LogP contribution in [0.4, 0.5) is 17.1 Å². The summed E-state index contributed by atoms with van der Waals surface area (Å²) in [5.41, 5.74) is 1.66. The number of para-hydroxylation sites is 1. The second-order valence-corrected chi connectivity index (χ2v) is 10.5. The van der Waals surface area contributed by atoms with E-state index in [1.54, 1.807) is 9.80 Å². The molecule has 3 aromatic rings. The van der Waals surface area contributed by atoms with E-state index in [2.05, 4.69) is 5.32 Å². The lowest BCUT2D eigenvalue weighted by molar-refractivity contribution is -0.384. The van der Waals surface area contributed by atoms with E-state index in [4.69, 9.17) is 11.6 Å². The average molecular weight is 562 g/mol. The minimum Gasteiger partial charge on any atom is -0.339 e. The van der Waals surface area contributed by atoms with E-state index in [0.717, 1.165) is 17.3 Å². The highest BCUT2D eigenvalue weighted by molar-refractivity contribution is 6.34. The first-order chi connectivity index (χ1) is 19.2. The van der Waals surface area contributed by atoms with Crippen molar-refractivity contribution in [1.29, 1.82) is 0 Å². The molecule has 0 atom stereocenters. The van der Waals surface area contributed by atoms with Crippen molar-refractivity contribution in [3.05, 3.63) is 99.1 Å². The fourth-order valence-electron chi connectivity index (χ4n) is 5.37. The van der Waals surface area contributed by atoms with Crippen molar-refractivity contribution in [2.45, 2.75) is 25.3 Å². The molecule has 2 aliphatic rings. The minimum absolute atomic E-state index is 0.00751. The zero-order valence-corrected chi connectivity index (χ0v) is 22.6. The van der Waals surface area contributed by atoms with E-state index in [1.165, 1.54) is 12.1 Å². The molecule has 2 saturated heterocycles. The monoisotopic (exact) mass is 561 g/mol. The molecule has 0 radical (unpaired) electrons. The van der Waals surface area contributed by atoms with Crippen LogP contribution in [0.3, 0.4) is 0 Å². The third kappa shape index (κ3) is 5.22. The number of rotatable bonds is 6. The molecule has 10 nitrogen and oxygen atoms in total. The first-order valence-electron chi connectivity index (χ1n) is 12.9. The first-order valence-corrected chi connectivity index (χ1v) is 13.3. The third-order valence-corrected chi connectivity index (χ3v) is 7.84. The van der Waals surface area contributed by atoms with Gasteiger partial charge >= 0.3 is 0 Å². The Morgan fingerprint density at radius 2 is 1.70 bits per heavy atom. The van der Waals surface area contributed by atoms with E-state index < -0.39 is 10.5 Å². The number of carbonyl (C=O) groups excluding carboxylic acids is 3. The van der Waals surface area contributed by atoms with E-state index >= 15 is 0 Å². The van der Waals surface area contributed by atoms with Gasteiger partial charge in [-0.3, -0.25) is 24.5 Å². The van der Waals surface area contributed by atoms with Gasteiger partial charge in [-0.05, 0) is 50.1 Å². The summed E-state index contributed by atoms with van der Waals surface area (Å²) >= 11 is 6.21. The van der Waals surface area contributed by atoms with Gasteiger partial charge in [-0.25, -0.2) is 0 Å². The average Bonchev–Trinajstić information content (AvgIpc) is 3.20. The fraction of sp³-hybridized carbons (Fsp3) is 0.276. The maximum atomic E-state index is 13.9. The molecule has 0 aromatic heterocycles. The fourth-order valence-corrected chi connectivity index (χ4v) is 5.63. The molecule has 5 rings (SSSR count). The molecule has 2 aliphatic heterocycles. The lowest BCUT2D eigenvalue weighted by atomic mass is 9.85. The van der Waals surface area contributed by atoms with Gasteiger partial charge in [-0.2, -0.15) is 0 Å². The summed E-state index contributed by atoms with van der Waals surface area (Å²) in [6.07, 6.45) is 0.709. The van der Waals surface area contributed by atoms with Crippen molar-refractivity contribution in [3.8, 4) is 0 Å². The van der Waals surface area contributed by atoms with Gasteiger partial charge in [-0.15, -0.1) is 0 Å². The Morgan fingerprint density at radius 1 is 1.02 bits per heavy atom. The maximum absolute atomic E-state index is 13.9. The molecular weight excluding hydrogens is 534 g/mol. The molecule has 40 heavy (non-hydrogen) atoms. The van der Waals surface area contributed by atoms with Gasteiger partial charge in [-0.1, -0.05) is 47.5 Å². The van der Waals surface area contributed by atoms with Crippen molar-refractivity contribution in [3.63, 3.8) is 0 Å². The molecule has 0 unspecified atom stereocenters. The molecule has 3 aromatic carbocycles. The number of nitro benzene ring substituents is 1. The third-order valence-electron chi connectivity index (χ3n) is 7.52. The van der Waals surface area contributed by atoms with Gasteiger partial charge in [0, 0.05) is 36.6 Å². The lowest BCUT2D eigenvalue weighted by Gasteiger charge is -2.43. The molecule has 1 spiro atoms. The van der Waals surface area contributed by atoms with Crippen LogP contribution in [0.5, 0.6) is 0 Å². The van der Waals surface area contributed by atoms with E-state index in [1.807, 2.05) is 66.4 Å². The zero-order valence-electron chi connectivity index (χ0n) is 21.9. The zero-order chi connectivity index (χ0) is 28.4. The summed E-state index contributed by atoms with van der Waals surface area (Å²) in [6.45, 7) is 2.67. The summed E-state index contributed by atoms with van der Waals surface area (Å²) < 4.78 is 0. The number of hydrogen-bond acceptors (Lipinski definition) is 6. The van der Waals surface area contributed by atoms with Crippen molar-refractivity contribution >= 4 is 46.4 Å². The topological polar surface area (TPSA) is 116 Å². The molecule has 206 valence electrons. The summed E-state index contributed by atoms with van der Waals surface area (Å²) in [7, 11) is 0. The number of hydrogen-bond donors (Lipinski definition) is 1. The Kier molecular flexibility index (Phi) is 7.44. The number of piperidine rings is 1. The SMILES string of the molecule is Cc1ccc(NC(=O)CN2CN(c3ccccc3)C3(CCN(C(=O)c4ccc([N+](=O)[O-])cc4Cl)CC3)C2=O)cc1. The molecular formula is C29H28ClN5O5. The summed E-state index contributed by atoms with van der Waals surface area (Å²) in [5.74, 6) is -0.792. The number of carbonyl (C=O) groups is 3. The predicted molar refractivity (Wildman–Crippen MR) is 151 cm³/mol. The van der Waals surface area contributed by atoms with Crippen molar-refractivity contribution in [2.24, 2.45) is 0 Å². The molecule has 0 bridgehead atoms. The van der Waals surface area contributed by atoms with Crippen molar-refractivity contribution in [1.82, 2.24) is 9.80 Å². The minimum atomic E-state index is -0.915. The number of halogens is 1. The number of nitro groups is 1. The van der Waals surface area contributed by atoms with Crippen LogP contribution in [0.2, 0.25) is 5.02 Å².